The van der Waals surface area contributed by atoms with Crippen LogP contribution in [0.25, 0.3) is 0 Å². The standard InChI is InChI=1S/C20H27N5O/c1-3-11-21-19(26)18-8-12-22-20(24-18)23-16-4-6-17(7-5-16)25-13-9-15(2)10-14-25/h4-8,12,15H,3,9-11,13-14H2,1-2H3,(H,21,26)(H,22,23,24). The summed E-state index contributed by atoms with van der Waals surface area (Å²) in [5, 5.41) is 6.00. The van der Waals surface area contributed by atoms with Gasteiger partial charge in [0, 0.05) is 37.2 Å². The van der Waals surface area contributed by atoms with E-state index in [1.165, 1.54) is 18.5 Å². The Morgan fingerprint density at radius 3 is 2.62 bits per heavy atom. The Morgan fingerprint density at radius 2 is 1.92 bits per heavy atom. The molecule has 0 spiro atoms. The van der Waals surface area contributed by atoms with Crippen LogP contribution in [-0.4, -0.2) is 35.5 Å². The van der Waals surface area contributed by atoms with Crippen LogP contribution < -0.4 is 15.5 Å². The van der Waals surface area contributed by atoms with Gasteiger partial charge in [0.25, 0.3) is 5.91 Å². The van der Waals surface area contributed by atoms with E-state index in [0.717, 1.165) is 31.1 Å². The maximum Gasteiger partial charge on any atom is 0.270 e. The molecule has 1 fully saturated rings. The summed E-state index contributed by atoms with van der Waals surface area (Å²) in [4.78, 5) is 22.9. The van der Waals surface area contributed by atoms with E-state index < -0.39 is 0 Å². The van der Waals surface area contributed by atoms with Gasteiger partial charge in [-0.1, -0.05) is 13.8 Å². The summed E-state index contributed by atoms with van der Waals surface area (Å²) in [6, 6.07) is 9.92. The predicted octanol–water partition coefficient (Wildman–Crippen LogP) is 3.60. The summed E-state index contributed by atoms with van der Waals surface area (Å²) in [5.41, 5.74) is 2.52. The minimum absolute atomic E-state index is 0.174. The molecule has 2 N–H and O–H groups in total. The van der Waals surface area contributed by atoms with Gasteiger partial charge in [-0.3, -0.25) is 4.79 Å². The van der Waals surface area contributed by atoms with Crippen molar-refractivity contribution in [2.45, 2.75) is 33.1 Å². The van der Waals surface area contributed by atoms with E-state index in [1.807, 2.05) is 19.1 Å². The molecule has 1 amide bonds. The summed E-state index contributed by atoms with van der Waals surface area (Å²) in [6.07, 6.45) is 4.99. The van der Waals surface area contributed by atoms with Crippen molar-refractivity contribution in [2.75, 3.05) is 29.9 Å². The zero-order valence-corrected chi connectivity index (χ0v) is 15.5. The maximum atomic E-state index is 12.0. The molecule has 0 unspecified atom stereocenters. The van der Waals surface area contributed by atoms with Crippen molar-refractivity contribution in [3.05, 3.63) is 42.2 Å². The molecule has 2 aromatic rings. The monoisotopic (exact) mass is 353 g/mol. The lowest BCUT2D eigenvalue weighted by Crippen LogP contribution is -2.32. The highest BCUT2D eigenvalue weighted by Crippen LogP contribution is 2.24. The molecular weight excluding hydrogens is 326 g/mol. The summed E-state index contributed by atoms with van der Waals surface area (Å²) in [6.45, 7) is 7.21. The molecule has 6 nitrogen and oxygen atoms in total. The van der Waals surface area contributed by atoms with Crippen LogP contribution >= 0.6 is 0 Å². The van der Waals surface area contributed by atoms with Crippen LogP contribution in [0.5, 0.6) is 0 Å². The van der Waals surface area contributed by atoms with Crippen molar-refractivity contribution in [2.24, 2.45) is 5.92 Å². The zero-order valence-electron chi connectivity index (χ0n) is 15.5. The van der Waals surface area contributed by atoms with Gasteiger partial charge in [-0.2, -0.15) is 0 Å². The molecule has 1 aliphatic heterocycles. The van der Waals surface area contributed by atoms with Gasteiger partial charge in [0.05, 0.1) is 0 Å². The average Bonchev–Trinajstić information content (AvgIpc) is 2.67. The molecule has 0 atom stereocenters. The fraction of sp³-hybridized carbons (Fsp3) is 0.450. The van der Waals surface area contributed by atoms with E-state index in [9.17, 15) is 4.79 Å². The van der Waals surface area contributed by atoms with Gasteiger partial charge < -0.3 is 15.5 Å². The summed E-state index contributed by atoms with van der Waals surface area (Å²) >= 11 is 0. The van der Waals surface area contributed by atoms with Crippen LogP contribution in [0.3, 0.4) is 0 Å². The van der Waals surface area contributed by atoms with Crippen LogP contribution in [0, 0.1) is 5.92 Å². The number of aromatic nitrogens is 2. The third-order valence-electron chi connectivity index (χ3n) is 4.70. The second-order valence-electron chi connectivity index (χ2n) is 6.86. The number of amides is 1. The lowest BCUT2D eigenvalue weighted by atomic mass is 9.99. The Labute approximate surface area is 155 Å². The van der Waals surface area contributed by atoms with Crippen molar-refractivity contribution in [1.82, 2.24) is 15.3 Å². The SMILES string of the molecule is CCCNC(=O)c1ccnc(Nc2ccc(N3CCC(C)CC3)cc2)n1. The Bertz CT molecular complexity index is 723. The molecule has 6 heteroatoms. The topological polar surface area (TPSA) is 70.2 Å². The number of anilines is 3. The van der Waals surface area contributed by atoms with Gasteiger partial charge in [0.1, 0.15) is 5.69 Å². The normalized spacial score (nSPS) is 14.9. The Morgan fingerprint density at radius 1 is 1.19 bits per heavy atom. The van der Waals surface area contributed by atoms with Crippen molar-refractivity contribution in [3.8, 4) is 0 Å². The van der Waals surface area contributed by atoms with Crippen molar-refractivity contribution in [1.29, 1.82) is 0 Å². The molecule has 0 aliphatic carbocycles. The minimum Gasteiger partial charge on any atom is -0.372 e. The number of piperidine rings is 1. The quantitative estimate of drug-likeness (QED) is 0.830. The van der Waals surface area contributed by atoms with E-state index in [4.69, 9.17) is 0 Å². The van der Waals surface area contributed by atoms with Gasteiger partial charge in [0.2, 0.25) is 5.95 Å². The van der Waals surface area contributed by atoms with E-state index >= 15 is 0 Å². The van der Waals surface area contributed by atoms with Gasteiger partial charge >= 0.3 is 0 Å². The molecule has 1 saturated heterocycles. The second kappa shape index (κ2) is 8.65. The molecule has 1 aromatic heterocycles. The van der Waals surface area contributed by atoms with E-state index in [2.05, 4.69) is 44.6 Å². The number of carbonyl (C=O) groups is 1. The highest BCUT2D eigenvalue weighted by Gasteiger charge is 2.16. The van der Waals surface area contributed by atoms with Gasteiger partial charge in [0.15, 0.2) is 0 Å². The van der Waals surface area contributed by atoms with Crippen molar-refractivity contribution in [3.63, 3.8) is 0 Å². The van der Waals surface area contributed by atoms with Gasteiger partial charge in [-0.25, -0.2) is 9.97 Å². The van der Waals surface area contributed by atoms with E-state index in [0.29, 0.717) is 18.2 Å². The summed E-state index contributed by atoms with van der Waals surface area (Å²) < 4.78 is 0. The Balaban J connectivity index is 1.63. The van der Waals surface area contributed by atoms with Crippen molar-refractivity contribution >= 4 is 23.2 Å². The third kappa shape index (κ3) is 4.71. The number of nitrogens with zero attached hydrogens (tertiary/aromatic N) is 3. The fourth-order valence-electron chi connectivity index (χ4n) is 3.03. The molecular formula is C20H27N5O. The smallest absolute Gasteiger partial charge is 0.270 e. The van der Waals surface area contributed by atoms with Crippen LogP contribution in [0.15, 0.2) is 36.5 Å². The molecule has 0 saturated carbocycles. The van der Waals surface area contributed by atoms with Crippen LogP contribution in [0.4, 0.5) is 17.3 Å². The molecule has 0 bridgehead atoms. The first-order chi connectivity index (χ1) is 12.7. The molecule has 1 aromatic carbocycles. The summed E-state index contributed by atoms with van der Waals surface area (Å²) in [5.74, 6) is 1.08. The van der Waals surface area contributed by atoms with Crippen LogP contribution in [0.2, 0.25) is 0 Å². The lowest BCUT2D eigenvalue weighted by molar-refractivity contribution is 0.0948. The molecule has 138 valence electrons. The average molecular weight is 353 g/mol. The van der Waals surface area contributed by atoms with E-state index in [-0.39, 0.29) is 5.91 Å². The highest BCUT2D eigenvalue weighted by molar-refractivity contribution is 5.92. The Hall–Kier alpha value is -2.63. The van der Waals surface area contributed by atoms with E-state index in [1.54, 1.807) is 12.3 Å². The fourth-order valence-corrected chi connectivity index (χ4v) is 3.03. The molecule has 0 radical (unpaired) electrons. The number of hydrogen-bond acceptors (Lipinski definition) is 5. The summed E-state index contributed by atoms with van der Waals surface area (Å²) in [7, 11) is 0. The van der Waals surface area contributed by atoms with Crippen LogP contribution in [-0.2, 0) is 0 Å². The second-order valence-corrected chi connectivity index (χ2v) is 6.86. The number of rotatable bonds is 6. The first-order valence-electron chi connectivity index (χ1n) is 9.39. The maximum absolute atomic E-state index is 12.0. The van der Waals surface area contributed by atoms with Gasteiger partial charge in [-0.05, 0) is 55.5 Å². The third-order valence-corrected chi connectivity index (χ3v) is 4.70. The Kier molecular flexibility index (Phi) is 6.04. The minimum atomic E-state index is -0.174. The number of carbonyl (C=O) groups excluding carboxylic acids is 1. The van der Waals surface area contributed by atoms with Crippen molar-refractivity contribution < 1.29 is 4.79 Å². The van der Waals surface area contributed by atoms with Crippen LogP contribution in [0.1, 0.15) is 43.6 Å². The molecule has 3 rings (SSSR count). The predicted molar refractivity (Wildman–Crippen MR) is 105 cm³/mol. The molecule has 2 heterocycles. The lowest BCUT2D eigenvalue weighted by Gasteiger charge is -2.32. The first-order valence-corrected chi connectivity index (χ1v) is 9.39. The number of benzene rings is 1. The highest BCUT2D eigenvalue weighted by atomic mass is 16.1. The number of nitrogens with one attached hydrogen (secondary N) is 2. The largest absolute Gasteiger partial charge is 0.372 e. The molecule has 1 aliphatic rings. The zero-order chi connectivity index (χ0) is 18.4. The number of hydrogen-bond donors (Lipinski definition) is 2. The van der Waals surface area contributed by atoms with Gasteiger partial charge in [-0.15, -0.1) is 0 Å². The first kappa shape index (κ1) is 18.2. The molecule has 26 heavy (non-hydrogen) atoms.